The van der Waals surface area contributed by atoms with Crippen LogP contribution < -0.4 is 5.73 Å². The third kappa shape index (κ3) is 4.12. The van der Waals surface area contributed by atoms with E-state index in [1.165, 1.54) is 24.0 Å². The van der Waals surface area contributed by atoms with Crippen LogP contribution in [-0.4, -0.2) is 0 Å². The minimum atomic E-state index is 0. The summed E-state index contributed by atoms with van der Waals surface area (Å²) in [6.45, 7) is 4.29. The van der Waals surface area contributed by atoms with Crippen molar-refractivity contribution < 1.29 is 0 Å². The van der Waals surface area contributed by atoms with Gasteiger partial charge in [0.15, 0.2) is 0 Å². The van der Waals surface area contributed by atoms with Crippen LogP contribution in [0.25, 0.3) is 0 Å². The van der Waals surface area contributed by atoms with E-state index in [9.17, 15) is 0 Å². The van der Waals surface area contributed by atoms with Crippen LogP contribution in [-0.2, 0) is 0 Å². The Bertz CT molecular complexity index is 243. The number of nitrogens with two attached hydrogens (primary N) is 1. The van der Waals surface area contributed by atoms with Crippen molar-refractivity contribution in [2.24, 2.45) is 5.73 Å². The average molecular weight is 214 g/mol. The fraction of sp³-hybridized carbons (Fsp3) is 0.500. The molecule has 0 heterocycles. The zero-order valence-corrected chi connectivity index (χ0v) is 9.81. The summed E-state index contributed by atoms with van der Waals surface area (Å²) >= 11 is 0. The van der Waals surface area contributed by atoms with Gasteiger partial charge in [0.1, 0.15) is 0 Å². The lowest BCUT2D eigenvalue weighted by molar-refractivity contribution is 0.603. The maximum Gasteiger partial charge on any atom is 0.0294 e. The average Bonchev–Trinajstić information content (AvgIpc) is 2.15. The van der Waals surface area contributed by atoms with Crippen LogP contribution >= 0.6 is 12.4 Å². The van der Waals surface area contributed by atoms with E-state index in [1.54, 1.807) is 0 Å². The molecule has 0 spiro atoms. The van der Waals surface area contributed by atoms with Crippen molar-refractivity contribution in [1.29, 1.82) is 0 Å². The van der Waals surface area contributed by atoms with Gasteiger partial charge in [-0.3, -0.25) is 0 Å². The van der Waals surface area contributed by atoms with Gasteiger partial charge in [0, 0.05) is 6.04 Å². The Balaban J connectivity index is 0.00000169. The predicted octanol–water partition coefficient (Wildman–Crippen LogP) is 3.61. The zero-order valence-electron chi connectivity index (χ0n) is 8.99. The van der Waals surface area contributed by atoms with Gasteiger partial charge in [-0.15, -0.1) is 12.4 Å². The first-order chi connectivity index (χ1) is 6.24. The lowest BCUT2D eigenvalue weighted by Gasteiger charge is -2.11. The Kier molecular flexibility index (Phi) is 6.60. The minimum Gasteiger partial charge on any atom is -0.324 e. The molecule has 0 fully saturated rings. The maximum absolute atomic E-state index is 6.03. The monoisotopic (exact) mass is 213 g/mol. The molecule has 2 N–H and O–H groups in total. The molecule has 1 aromatic rings. The molecule has 0 amide bonds. The van der Waals surface area contributed by atoms with Gasteiger partial charge in [-0.2, -0.15) is 0 Å². The predicted molar refractivity (Wildman–Crippen MR) is 64.9 cm³/mol. The molecule has 2 heteroatoms. The molecule has 1 unspecified atom stereocenters. The summed E-state index contributed by atoms with van der Waals surface area (Å²) in [4.78, 5) is 0. The molecule has 1 rings (SSSR count). The fourth-order valence-electron chi connectivity index (χ4n) is 1.40. The molecule has 0 radical (unpaired) electrons. The quantitative estimate of drug-likeness (QED) is 0.813. The van der Waals surface area contributed by atoms with Gasteiger partial charge in [0.2, 0.25) is 0 Å². The van der Waals surface area contributed by atoms with E-state index in [4.69, 9.17) is 5.73 Å². The van der Waals surface area contributed by atoms with Crippen molar-refractivity contribution in [3.05, 3.63) is 35.4 Å². The van der Waals surface area contributed by atoms with E-state index < -0.39 is 0 Å². The standard InChI is InChI=1S/C12H19N.ClH/c1-3-4-5-12(13)11-8-6-10(2)7-9-11;/h6-9,12H,3-5,13H2,1-2H3;1H. The highest BCUT2D eigenvalue weighted by Gasteiger charge is 2.03. The number of aryl methyl sites for hydroxylation is 1. The first-order valence-electron chi connectivity index (χ1n) is 5.06. The lowest BCUT2D eigenvalue weighted by atomic mass is 10.0. The number of unbranched alkanes of at least 4 members (excludes halogenated alkanes) is 1. The Morgan fingerprint density at radius 2 is 1.79 bits per heavy atom. The third-order valence-corrected chi connectivity index (χ3v) is 2.37. The smallest absolute Gasteiger partial charge is 0.0294 e. The van der Waals surface area contributed by atoms with Crippen LogP contribution in [0.2, 0.25) is 0 Å². The van der Waals surface area contributed by atoms with Crippen LogP contribution in [0, 0.1) is 6.92 Å². The summed E-state index contributed by atoms with van der Waals surface area (Å²) in [5.41, 5.74) is 8.59. The molecule has 0 bridgehead atoms. The SMILES string of the molecule is CCCCC(N)c1ccc(C)cc1.Cl. The zero-order chi connectivity index (χ0) is 9.68. The summed E-state index contributed by atoms with van der Waals surface area (Å²) in [5.74, 6) is 0. The topological polar surface area (TPSA) is 26.0 Å². The minimum absolute atomic E-state index is 0. The number of halogens is 1. The lowest BCUT2D eigenvalue weighted by Crippen LogP contribution is -2.09. The first kappa shape index (κ1) is 13.5. The van der Waals surface area contributed by atoms with E-state index in [-0.39, 0.29) is 18.4 Å². The Hall–Kier alpha value is -0.530. The van der Waals surface area contributed by atoms with Gasteiger partial charge in [0.05, 0.1) is 0 Å². The number of rotatable bonds is 4. The van der Waals surface area contributed by atoms with Crippen molar-refractivity contribution in [3.8, 4) is 0 Å². The third-order valence-electron chi connectivity index (χ3n) is 2.37. The molecule has 80 valence electrons. The molecule has 0 saturated heterocycles. The second kappa shape index (κ2) is 6.86. The van der Waals surface area contributed by atoms with Gasteiger partial charge in [0.25, 0.3) is 0 Å². The Morgan fingerprint density at radius 1 is 1.21 bits per heavy atom. The van der Waals surface area contributed by atoms with Gasteiger partial charge in [-0.25, -0.2) is 0 Å². The Labute approximate surface area is 93.1 Å². The molecule has 14 heavy (non-hydrogen) atoms. The molecular formula is C12H20ClN. The normalized spacial score (nSPS) is 11.9. The largest absolute Gasteiger partial charge is 0.324 e. The highest BCUT2D eigenvalue weighted by atomic mass is 35.5. The van der Waals surface area contributed by atoms with Gasteiger partial charge in [-0.05, 0) is 18.9 Å². The van der Waals surface area contributed by atoms with Crippen LogP contribution in [0.3, 0.4) is 0 Å². The molecule has 1 aromatic carbocycles. The second-order valence-electron chi connectivity index (χ2n) is 3.66. The van der Waals surface area contributed by atoms with Crippen molar-refractivity contribution >= 4 is 12.4 Å². The summed E-state index contributed by atoms with van der Waals surface area (Å²) in [7, 11) is 0. The van der Waals surface area contributed by atoms with Crippen molar-refractivity contribution in [1.82, 2.24) is 0 Å². The second-order valence-corrected chi connectivity index (χ2v) is 3.66. The van der Waals surface area contributed by atoms with E-state index in [0.29, 0.717) is 0 Å². The Morgan fingerprint density at radius 3 is 2.29 bits per heavy atom. The van der Waals surface area contributed by atoms with Crippen LogP contribution in [0.15, 0.2) is 24.3 Å². The molecule has 0 aliphatic heterocycles. The van der Waals surface area contributed by atoms with Crippen LogP contribution in [0.1, 0.15) is 43.4 Å². The van der Waals surface area contributed by atoms with E-state index in [0.717, 1.165) is 6.42 Å². The van der Waals surface area contributed by atoms with E-state index >= 15 is 0 Å². The maximum atomic E-state index is 6.03. The summed E-state index contributed by atoms with van der Waals surface area (Å²) < 4.78 is 0. The van der Waals surface area contributed by atoms with Crippen molar-refractivity contribution in [3.63, 3.8) is 0 Å². The van der Waals surface area contributed by atoms with Crippen LogP contribution in [0.4, 0.5) is 0 Å². The van der Waals surface area contributed by atoms with E-state index in [2.05, 4.69) is 38.1 Å². The van der Waals surface area contributed by atoms with Crippen LogP contribution in [0.5, 0.6) is 0 Å². The summed E-state index contributed by atoms with van der Waals surface area (Å²) in [5, 5.41) is 0. The molecule has 0 aliphatic carbocycles. The number of benzene rings is 1. The highest BCUT2D eigenvalue weighted by molar-refractivity contribution is 5.85. The highest BCUT2D eigenvalue weighted by Crippen LogP contribution is 2.16. The fourth-order valence-corrected chi connectivity index (χ4v) is 1.40. The molecular weight excluding hydrogens is 194 g/mol. The summed E-state index contributed by atoms with van der Waals surface area (Å²) in [6.07, 6.45) is 3.54. The van der Waals surface area contributed by atoms with E-state index in [1.807, 2.05) is 0 Å². The molecule has 1 atom stereocenters. The van der Waals surface area contributed by atoms with Gasteiger partial charge in [-0.1, -0.05) is 49.6 Å². The molecule has 1 nitrogen and oxygen atoms in total. The van der Waals surface area contributed by atoms with Crippen molar-refractivity contribution in [2.75, 3.05) is 0 Å². The molecule has 0 saturated carbocycles. The number of hydrogen-bond acceptors (Lipinski definition) is 1. The van der Waals surface area contributed by atoms with Crippen molar-refractivity contribution in [2.45, 2.75) is 39.2 Å². The van der Waals surface area contributed by atoms with Gasteiger partial charge < -0.3 is 5.73 Å². The van der Waals surface area contributed by atoms with Gasteiger partial charge >= 0.3 is 0 Å². The molecule has 0 aromatic heterocycles. The number of hydrogen-bond donors (Lipinski definition) is 1. The molecule has 0 aliphatic rings. The summed E-state index contributed by atoms with van der Waals surface area (Å²) in [6, 6.07) is 8.74. The first-order valence-corrected chi connectivity index (χ1v) is 5.06.